The first-order valence-electron chi connectivity index (χ1n) is 6.42. The van der Waals surface area contributed by atoms with Crippen LogP contribution in [-0.2, 0) is 6.54 Å². The van der Waals surface area contributed by atoms with Gasteiger partial charge in [0.05, 0.1) is 6.54 Å². The Morgan fingerprint density at radius 2 is 2.11 bits per heavy atom. The van der Waals surface area contributed by atoms with E-state index in [1.807, 2.05) is 6.92 Å². The maximum absolute atomic E-state index is 11.9. The molecule has 0 fully saturated rings. The van der Waals surface area contributed by atoms with Gasteiger partial charge in [0.15, 0.2) is 5.76 Å². The molecule has 5 nitrogen and oxygen atoms in total. The summed E-state index contributed by atoms with van der Waals surface area (Å²) >= 11 is 0. The Hall–Kier alpha value is -1.33. The molecule has 0 aliphatic carbocycles. The van der Waals surface area contributed by atoms with Crippen molar-refractivity contribution in [2.24, 2.45) is 5.73 Å². The summed E-state index contributed by atoms with van der Waals surface area (Å²) in [6.45, 7) is 9.31. The van der Waals surface area contributed by atoms with Gasteiger partial charge in [0.2, 0.25) is 0 Å². The Bertz CT molecular complexity index is 372. The minimum atomic E-state index is -0.186. The summed E-state index contributed by atoms with van der Waals surface area (Å²) < 4.78 is 5.30. The molecule has 0 spiro atoms. The maximum atomic E-state index is 11.9. The quantitative estimate of drug-likeness (QED) is 0.766. The van der Waals surface area contributed by atoms with E-state index in [4.69, 9.17) is 10.2 Å². The standard InChI is InChI=1S/C13H23N3O2/c1-4-16(5-2)9-10(3)15-13(17)12-7-6-11(8-14)18-12/h6-7,10H,4-5,8-9,14H2,1-3H3,(H,15,17). The maximum Gasteiger partial charge on any atom is 0.287 e. The summed E-state index contributed by atoms with van der Waals surface area (Å²) in [4.78, 5) is 14.1. The lowest BCUT2D eigenvalue weighted by Gasteiger charge is -2.23. The molecule has 0 aliphatic rings. The number of carbonyl (C=O) groups is 1. The van der Waals surface area contributed by atoms with Crippen molar-refractivity contribution in [1.82, 2.24) is 10.2 Å². The Morgan fingerprint density at radius 3 is 2.61 bits per heavy atom. The fraction of sp³-hybridized carbons (Fsp3) is 0.615. The number of nitrogens with one attached hydrogen (secondary N) is 1. The van der Waals surface area contributed by atoms with Gasteiger partial charge in [-0.05, 0) is 32.1 Å². The highest BCUT2D eigenvalue weighted by atomic mass is 16.4. The van der Waals surface area contributed by atoms with Crippen molar-refractivity contribution in [3.05, 3.63) is 23.7 Å². The first kappa shape index (κ1) is 14.7. The highest BCUT2D eigenvalue weighted by Gasteiger charge is 2.14. The van der Waals surface area contributed by atoms with Crippen LogP contribution in [0.5, 0.6) is 0 Å². The second-order valence-electron chi connectivity index (χ2n) is 4.33. The van der Waals surface area contributed by atoms with Crippen LogP contribution in [0.4, 0.5) is 0 Å². The normalized spacial score (nSPS) is 12.7. The Balaban J connectivity index is 2.48. The Kier molecular flexibility index (Phi) is 5.88. The lowest BCUT2D eigenvalue weighted by molar-refractivity contribution is 0.0900. The molecule has 3 N–H and O–H groups in total. The topological polar surface area (TPSA) is 71.5 Å². The van der Waals surface area contributed by atoms with E-state index in [0.717, 1.165) is 19.6 Å². The van der Waals surface area contributed by atoms with Crippen LogP contribution in [-0.4, -0.2) is 36.5 Å². The average Bonchev–Trinajstić information content (AvgIpc) is 2.84. The van der Waals surface area contributed by atoms with Crippen LogP contribution in [0.3, 0.4) is 0 Å². The summed E-state index contributed by atoms with van der Waals surface area (Å²) in [5.41, 5.74) is 5.43. The molecule has 0 aromatic carbocycles. The van der Waals surface area contributed by atoms with E-state index in [1.54, 1.807) is 12.1 Å². The second kappa shape index (κ2) is 7.18. The molecular weight excluding hydrogens is 230 g/mol. The molecule has 1 amide bonds. The van der Waals surface area contributed by atoms with Crippen LogP contribution in [0, 0.1) is 0 Å². The van der Waals surface area contributed by atoms with Gasteiger partial charge in [-0.15, -0.1) is 0 Å². The van der Waals surface area contributed by atoms with Gasteiger partial charge < -0.3 is 20.4 Å². The van der Waals surface area contributed by atoms with Crippen LogP contribution in [0.25, 0.3) is 0 Å². The summed E-state index contributed by atoms with van der Waals surface area (Å²) in [7, 11) is 0. The first-order valence-corrected chi connectivity index (χ1v) is 6.42. The van der Waals surface area contributed by atoms with Crippen molar-refractivity contribution >= 4 is 5.91 Å². The number of likely N-dealkylation sites (N-methyl/N-ethyl adjacent to an activating group) is 1. The summed E-state index contributed by atoms with van der Waals surface area (Å²) in [6.07, 6.45) is 0. The largest absolute Gasteiger partial charge is 0.455 e. The fourth-order valence-corrected chi connectivity index (χ4v) is 1.82. The fourth-order valence-electron chi connectivity index (χ4n) is 1.82. The monoisotopic (exact) mass is 253 g/mol. The molecule has 0 aliphatic heterocycles. The smallest absolute Gasteiger partial charge is 0.287 e. The minimum absolute atomic E-state index is 0.0869. The molecule has 1 unspecified atom stereocenters. The van der Waals surface area contributed by atoms with Crippen LogP contribution < -0.4 is 11.1 Å². The highest BCUT2D eigenvalue weighted by molar-refractivity contribution is 5.91. The van der Waals surface area contributed by atoms with Gasteiger partial charge in [0.25, 0.3) is 5.91 Å². The molecule has 1 heterocycles. The van der Waals surface area contributed by atoms with E-state index in [0.29, 0.717) is 18.1 Å². The molecule has 5 heteroatoms. The minimum Gasteiger partial charge on any atom is -0.455 e. The van der Waals surface area contributed by atoms with Crippen LogP contribution >= 0.6 is 0 Å². The van der Waals surface area contributed by atoms with Gasteiger partial charge in [0, 0.05) is 12.6 Å². The molecule has 102 valence electrons. The lowest BCUT2D eigenvalue weighted by atomic mass is 10.3. The predicted molar refractivity (Wildman–Crippen MR) is 71.3 cm³/mol. The molecule has 1 aromatic rings. The van der Waals surface area contributed by atoms with Gasteiger partial charge in [-0.3, -0.25) is 4.79 Å². The molecule has 1 rings (SSSR count). The van der Waals surface area contributed by atoms with Crippen LogP contribution in [0.15, 0.2) is 16.5 Å². The first-order chi connectivity index (χ1) is 8.60. The van der Waals surface area contributed by atoms with Crippen molar-refractivity contribution in [2.45, 2.75) is 33.4 Å². The third kappa shape index (κ3) is 4.16. The zero-order valence-electron chi connectivity index (χ0n) is 11.4. The number of carbonyl (C=O) groups excluding carboxylic acids is 1. The SMILES string of the molecule is CCN(CC)CC(C)NC(=O)c1ccc(CN)o1. The Labute approximate surface area is 108 Å². The van der Waals surface area contributed by atoms with Crippen LogP contribution in [0.1, 0.15) is 37.1 Å². The number of rotatable bonds is 7. The summed E-state index contributed by atoms with van der Waals surface area (Å²) in [5, 5.41) is 2.92. The molecule has 0 radical (unpaired) electrons. The second-order valence-corrected chi connectivity index (χ2v) is 4.33. The molecule has 1 atom stereocenters. The predicted octanol–water partition coefficient (Wildman–Crippen LogP) is 1.20. The molecule has 0 saturated heterocycles. The lowest BCUT2D eigenvalue weighted by Crippen LogP contribution is -2.41. The van der Waals surface area contributed by atoms with Crippen molar-refractivity contribution < 1.29 is 9.21 Å². The van der Waals surface area contributed by atoms with E-state index in [9.17, 15) is 4.79 Å². The molecule has 18 heavy (non-hydrogen) atoms. The third-order valence-electron chi connectivity index (χ3n) is 2.89. The summed E-state index contributed by atoms with van der Waals surface area (Å²) in [6, 6.07) is 3.47. The molecular formula is C13H23N3O2. The van der Waals surface area contributed by atoms with E-state index in [-0.39, 0.29) is 11.9 Å². The number of furan rings is 1. The van der Waals surface area contributed by atoms with Crippen molar-refractivity contribution in [2.75, 3.05) is 19.6 Å². The number of hydrogen-bond donors (Lipinski definition) is 2. The average molecular weight is 253 g/mol. The number of amides is 1. The number of hydrogen-bond acceptors (Lipinski definition) is 4. The Morgan fingerprint density at radius 1 is 1.44 bits per heavy atom. The van der Waals surface area contributed by atoms with E-state index < -0.39 is 0 Å². The number of nitrogens with zero attached hydrogens (tertiary/aromatic N) is 1. The van der Waals surface area contributed by atoms with Crippen molar-refractivity contribution in [1.29, 1.82) is 0 Å². The van der Waals surface area contributed by atoms with Gasteiger partial charge in [-0.1, -0.05) is 13.8 Å². The van der Waals surface area contributed by atoms with E-state index >= 15 is 0 Å². The zero-order chi connectivity index (χ0) is 13.5. The van der Waals surface area contributed by atoms with E-state index in [1.165, 1.54) is 0 Å². The van der Waals surface area contributed by atoms with Gasteiger partial charge in [0.1, 0.15) is 5.76 Å². The molecule has 1 aromatic heterocycles. The number of nitrogens with two attached hydrogens (primary N) is 1. The van der Waals surface area contributed by atoms with Gasteiger partial charge in [-0.25, -0.2) is 0 Å². The van der Waals surface area contributed by atoms with Crippen molar-refractivity contribution in [3.8, 4) is 0 Å². The van der Waals surface area contributed by atoms with Gasteiger partial charge in [-0.2, -0.15) is 0 Å². The van der Waals surface area contributed by atoms with Crippen molar-refractivity contribution in [3.63, 3.8) is 0 Å². The molecule has 0 bridgehead atoms. The summed E-state index contributed by atoms with van der Waals surface area (Å²) in [5.74, 6) is 0.757. The van der Waals surface area contributed by atoms with E-state index in [2.05, 4.69) is 24.1 Å². The zero-order valence-corrected chi connectivity index (χ0v) is 11.4. The highest BCUT2D eigenvalue weighted by Crippen LogP contribution is 2.07. The third-order valence-corrected chi connectivity index (χ3v) is 2.89. The van der Waals surface area contributed by atoms with Gasteiger partial charge >= 0.3 is 0 Å². The van der Waals surface area contributed by atoms with Crippen LogP contribution in [0.2, 0.25) is 0 Å². The molecule has 0 saturated carbocycles.